The minimum Gasteiger partial charge on any atom is -0.463 e. The number of rotatable bonds is 4. The maximum Gasteiger partial charge on any atom is 0.274 e. The zero-order chi connectivity index (χ0) is 18.1. The molecule has 1 unspecified atom stereocenters. The van der Waals surface area contributed by atoms with E-state index in [1.165, 1.54) is 0 Å². The van der Waals surface area contributed by atoms with Crippen LogP contribution in [0, 0.1) is 0 Å². The van der Waals surface area contributed by atoms with Crippen LogP contribution in [0.4, 0.5) is 0 Å². The summed E-state index contributed by atoms with van der Waals surface area (Å²) in [5.41, 5.74) is 1.86. The highest BCUT2D eigenvalue weighted by Crippen LogP contribution is 2.26. The Morgan fingerprint density at radius 1 is 1.33 bits per heavy atom. The van der Waals surface area contributed by atoms with Gasteiger partial charge in [-0.15, -0.1) is 12.4 Å². The van der Waals surface area contributed by atoms with Crippen LogP contribution in [0.5, 0.6) is 0 Å². The molecule has 0 bridgehead atoms. The molecule has 4 rings (SSSR count). The molecule has 142 valence electrons. The van der Waals surface area contributed by atoms with Crippen molar-refractivity contribution >= 4 is 29.9 Å². The van der Waals surface area contributed by atoms with E-state index in [1.807, 2.05) is 31.3 Å². The lowest BCUT2D eigenvalue weighted by atomic mass is 10.2. The third-order valence-corrected chi connectivity index (χ3v) is 4.89. The van der Waals surface area contributed by atoms with Gasteiger partial charge in [-0.3, -0.25) is 4.79 Å². The van der Waals surface area contributed by atoms with Crippen molar-refractivity contribution in [2.45, 2.75) is 12.5 Å². The Kier molecular flexibility index (Phi) is 5.89. The fraction of sp³-hybridized carbons (Fsp3) is 0.263. The predicted octanol–water partition coefficient (Wildman–Crippen LogP) is 3.64. The first kappa shape index (κ1) is 19.5. The van der Waals surface area contributed by atoms with E-state index in [0.717, 1.165) is 25.2 Å². The standard InChI is InChI=1S/C19H19ClN4O2.ClH/c1-23(15-7-8-21-12-15)19(25)16-11-17(18-6-3-9-26-18)24(22-16)14-5-2-4-13(20)10-14;/h2-6,9-11,15,21H,7-8,12H2,1H3;1H. The summed E-state index contributed by atoms with van der Waals surface area (Å²) in [6, 6.07) is 13.0. The van der Waals surface area contributed by atoms with Crippen LogP contribution in [0.15, 0.2) is 53.1 Å². The van der Waals surface area contributed by atoms with Crippen molar-refractivity contribution in [3.05, 3.63) is 59.4 Å². The second-order valence-corrected chi connectivity index (χ2v) is 6.78. The lowest BCUT2D eigenvalue weighted by molar-refractivity contribution is 0.0737. The highest BCUT2D eigenvalue weighted by atomic mass is 35.5. The first-order valence-electron chi connectivity index (χ1n) is 8.51. The van der Waals surface area contributed by atoms with Crippen LogP contribution in [0.2, 0.25) is 5.02 Å². The maximum absolute atomic E-state index is 12.9. The number of aromatic nitrogens is 2. The minimum absolute atomic E-state index is 0. The van der Waals surface area contributed by atoms with Gasteiger partial charge in [0, 0.05) is 30.7 Å². The lowest BCUT2D eigenvalue weighted by Crippen LogP contribution is -2.38. The molecule has 6 nitrogen and oxygen atoms in total. The number of hydrogen-bond acceptors (Lipinski definition) is 4. The zero-order valence-electron chi connectivity index (χ0n) is 14.8. The lowest BCUT2D eigenvalue weighted by Gasteiger charge is -2.22. The molecule has 0 aliphatic carbocycles. The number of likely N-dealkylation sites (N-methyl/N-ethyl adjacent to an activating group) is 1. The average molecular weight is 407 g/mol. The Morgan fingerprint density at radius 2 is 2.19 bits per heavy atom. The number of nitrogens with one attached hydrogen (secondary N) is 1. The van der Waals surface area contributed by atoms with Gasteiger partial charge in [-0.05, 0) is 43.3 Å². The summed E-state index contributed by atoms with van der Waals surface area (Å²) in [5.74, 6) is 0.536. The van der Waals surface area contributed by atoms with Crippen LogP contribution in [0.3, 0.4) is 0 Å². The van der Waals surface area contributed by atoms with Gasteiger partial charge in [0.25, 0.3) is 5.91 Å². The highest BCUT2D eigenvalue weighted by molar-refractivity contribution is 6.30. The SMILES string of the molecule is CN(C(=O)c1cc(-c2ccco2)n(-c2cccc(Cl)c2)n1)C1CCNC1.Cl. The Hall–Kier alpha value is -2.28. The van der Waals surface area contributed by atoms with E-state index in [4.69, 9.17) is 16.0 Å². The van der Waals surface area contributed by atoms with Gasteiger partial charge in [-0.25, -0.2) is 4.68 Å². The van der Waals surface area contributed by atoms with E-state index in [-0.39, 0.29) is 24.4 Å². The number of furan rings is 1. The molecule has 1 N–H and O–H groups in total. The number of carbonyl (C=O) groups excluding carboxylic acids is 1. The molecule has 3 heterocycles. The summed E-state index contributed by atoms with van der Waals surface area (Å²) in [6.07, 6.45) is 2.55. The first-order chi connectivity index (χ1) is 12.6. The van der Waals surface area contributed by atoms with Crippen LogP contribution in [-0.4, -0.2) is 46.8 Å². The molecule has 1 atom stereocenters. The molecule has 1 aromatic carbocycles. The van der Waals surface area contributed by atoms with Crippen molar-refractivity contribution in [2.75, 3.05) is 20.1 Å². The zero-order valence-corrected chi connectivity index (χ0v) is 16.3. The average Bonchev–Trinajstić information content (AvgIpc) is 3.41. The molecular formula is C19H20Cl2N4O2. The number of hydrogen-bond donors (Lipinski definition) is 1. The summed E-state index contributed by atoms with van der Waals surface area (Å²) in [5, 5.41) is 8.44. The summed E-state index contributed by atoms with van der Waals surface area (Å²) in [4.78, 5) is 14.7. The molecule has 1 aliphatic heterocycles. The van der Waals surface area contributed by atoms with Crippen LogP contribution in [0.1, 0.15) is 16.9 Å². The number of halogens is 2. The van der Waals surface area contributed by atoms with E-state index in [2.05, 4.69) is 10.4 Å². The van der Waals surface area contributed by atoms with Gasteiger partial charge in [0.2, 0.25) is 0 Å². The quantitative estimate of drug-likeness (QED) is 0.718. The van der Waals surface area contributed by atoms with Crippen LogP contribution < -0.4 is 5.32 Å². The molecule has 0 saturated carbocycles. The van der Waals surface area contributed by atoms with Gasteiger partial charge in [0.15, 0.2) is 11.5 Å². The number of benzene rings is 1. The topological polar surface area (TPSA) is 63.3 Å². The molecular weight excluding hydrogens is 387 g/mol. The Balaban J connectivity index is 0.00000210. The van der Waals surface area contributed by atoms with Crippen LogP contribution >= 0.6 is 24.0 Å². The molecule has 1 saturated heterocycles. The molecule has 1 fully saturated rings. The van der Waals surface area contributed by atoms with Crippen LogP contribution in [0.25, 0.3) is 17.1 Å². The Morgan fingerprint density at radius 3 is 2.85 bits per heavy atom. The second kappa shape index (κ2) is 8.17. The van der Waals surface area contributed by atoms with Gasteiger partial charge in [-0.1, -0.05) is 17.7 Å². The van der Waals surface area contributed by atoms with Gasteiger partial charge < -0.3 is 14.6 Å². The number of amides is 1. The second-order valence-electron chi connectivity index (χ2n) is 6.35. The normalized spacial score (nSPS) is 16.1. The van der Waals surface area contributed by atoms with E-state index < -0.39 is 0 Å². The smallest absolute Gasteiger partial charge is 0.274 e. The fourth-order valence-corrected chi connectivity index (χ4v) is 3.39. The molecule has 1 amide bonds. The summed E-state index contributed by atoms with van der Waals surface area (Å²) < 4.78 is 7.23. The van der Waals surface area contributed by atoms with Crippen LogP contribution in [-0.2, 0) is 0 Å². The van der Waals surface area contributed by atoms with E-state index in [1.54, 1.807) is 34.0 Å². The molecule has 3 aromatic rings. The summed E-state index contributed by atoms with van der Waals surface area (Å²) in [6.45, 7) is 1.74. The highest BCUT2D eigenvalue weighted by Gasteiger charge is 2.27. The molecule has 2 aromatic heterocycles. The van der Waals surface area contributed by atoms with Crippen molar-refractivity contribution in [1.29, 1.82) is 0 Å². The summed E-state index contributed by atoms with van der Waals surface area (Å²) in [7, 11) is 1.82. The van der Waals surface area contributed by atoms with Crippen molar-refractivity contribution in [3.63, 3.8) is 0 Å². The maximum atomic E-state index is 12.9. The predicted molar refractivity (Wildman–Crippen MR) is 107 cm³/mol. The van der Waals surface area contributed by atoms with Gasteiger partial charge in [0.05, 0.1) is 12.0 Å². The summed E-state index contributed by atoms with van der Waals surface area (Å²) >= 11 is 6.13. The monoisotopic (exact) mass is 406 g/mol. The van der Waals surface area contributed by atoms with Crippen molar-refractivity contribution in [1.82, 2.24) is 20.0 Å². The molecule has 0 spiro atoms. The van der Waals surface area contributed by atoms with E-state index >= 15 is 0 Å². The molecule has 1 aliphatic rings. The van der Waals surface area contributed by atoms with Crippen molar-refractivity contribution in [2.24, 2.45) is 0 Å². The van der Waals surface area contributed by atoms with Gasteiger partial charge in [0.1, 0.15) is 5.69 Å². The van der Waals surface area contributed by atoms with Crippen molar-refractivity contribution < 1.29 is 9.21 Å². The third kappa shape index (κ3) is 3.88. The van der Waals surface area contributed by atoms with Gasteiger partial charge >= 0.3 is 0 Å². The minimum atomic E-state index is -0.104. The number of nitrogens with zero attached hydrogens (tertiary/aromatic N) is 3. The largest absolute Gasteiger partial charge is 0.463 e. The third-order valence-electron chi connectivity index (χ3n) is 4.66. The fourth-order valence-electron chi connectivity index (χ4n) is 3.21. The number of carbonyl (C=O) groups is 1. The van der Waals surface area contributed by atoms with Gasteiger partial charge in [-0.2, -0.15) is 5.10 Å². The Labute approximate surface area is 168 Å². The van der Waals surface area contributed by atoms with E-state index in [9.17, 15) is 4.79 Å². The Bertz CT molecular complexity index is 918. The molecule has 0 radical (unpaired) electrons. The first-order valence-corrected chi connectivity index (χ1v) is 8.89. The molecule has 27 heavy (non-hydrogen) atoms. The van der Waals surface area contributed by atoms with Crippen molar-refractivity contribution in [3.8, 4) is 17.1 Å². The van der Waals surface area contributed by atoms with E-state index in [0.29, 0.717) is 22.2 Å². The molecule has 8 heteroatoms.